The van der Waals surface area contributed by atoms with E-state index in [2.05, 4.69) is 39.4 Å². The zero-order chi connectivity index (χ0) is 13.1. The van der Waals surface area contributed by atoms with E-state index in [1.807, 2.05) is 0 Å². The van der Waals surface area contributed by atoms with Crippen molar-refractivity contribution in [2.24, 2.45) is 11.8 Å². The topological polar surface area (TPSA) is 62.7 Å². The highest BCUT2D eigenvalue weighted by Gasteiger charge is 2.27. The maximum absolute atomic E-state index is 5.87. The van der Waals surface area contributed by atoms with E-state index in [0.717, 1.165) is 12.3 Å². The van der Waals surface area contributed by atoms with Crippen LogP contribution >= 0.6 is 11.6 Å². The molecule has 0 spiro atoms. The van der Waals surface area contributed by atoms with Gasteiger partial charge in [0.2, 0.25) is 17.2 Å². The highest BCUT2D eigenvalue weighted by molar-refractivity contribution is 6.28. The second-order valence-corrected chi connectivity index (χ2v) is 5.36. The first-order valence-electron chi connectivity index (χ1n) is 6.46. The molecule has 0 aliphatic heterocycles. The molecule has 1 aliphatic rings. The highest BCUT2D eigenvalue weighted by Crippen LogP contribution is 2.31. The van der Waals surface area contributed by atoms with Gasteiger partial charge in [0.25, 0.3) is 0 Å². The monoisotopic (exact) mass is 269 g/mol. The van der Waals surface area contributed by atoms with Crippen molar-refractivity contribution in [2.75, 3.05) is 17.7 Å². The van der Waals surface area contributed by atoms with E-state index < -0.39 is 0 Å². The van der Waals surface area contributed by atoms with Gasteiger partial charge in [0.05, 0.1) is 0 Å². The molecule has 0 bridgehead atoms. The van der Waals surface area contributed by atoms with Crippen LogP contribution in [0.2, 0.25) is 5.28 Å². The smallest absolute Gasteiger partial charge is 0.229 e. The Kier molecular flexibility index (Phi) is 4.22. The Balaban J connectivity index is 2.10. The zero-order valence-electron chi connectivity index (χ0n) is 11.1. The van der Waals surface area contributed by atoms with Crippen molar-refractivity contribution in [3.05, 3.63) is 5.28 Å². The lowest BCUT2D eigenvalue weighted by Gasteiger charge is -2.34. The SMILES string of the molecule is CNc1nc(Cl)nc(NC2CCCC(C)C2C)n1. The largest absolute Gasteiger partial charge is 0.357 e. The van der Waals surface area contributed by atoms with Crippen LogP contribution in [0.5, 0.6) is 0 Å². The first-order chi connectivity index (χ1) is 8.60. The lowest BCUT2D eigenvalue weighted by Crippen LogP contribution is -2.35. The molecule has 18 heavy (non-hydrogen) atoms. The van der Waals surface area contributed by atoms with Crippen LogP contribution < -0.4 is 10.6 Å². The Labute approximate surface area is 113 Å². The van der Waals surface area contributed by atoms with Crippen LogP contribution in [0, 0.1) is 11.8 Å². The second-order valence-electron chi connectivity index (χ2n) is 5.02. The van der Waals surface area contributed by atoms with Gasteiger partial charge >= 0.3 is 0 Å². The third-order valence-corrected chi connectivity index (χ3v) is 4.02. The molecule has 2 rings (SSSR count). The van der Waals surface area contributed by atoms with Crippen LogP contribution in [0.15, 0.2) is 0 Å². The fourth-order valence-electron chi connectivity index (χ4n) is 2.48. The average molecular weight is 270 g/mol. The fraction of sp³-hybridized carbons (Fsp3) is 0.750. The van der Waals surface area contributed by atoms with Crippen molar-refractivity contribution < 1.29 is 0 Å². The minimum atomic E-state index is 0.216. The molecule has 0 aromatic carbocycles. The molecule has 2 N–H and O–H groups in total. The minimum Gasteiger partial charge on any atom is -0.357 e. The van der Waals surface area contributed by atoms with Crippen LogP contribution in [0.1, 0.15) is 33.1 Å². The number of anilines is 2. The van der Waals surface area contributed by atoms with E-state index >= 15 is 0 Å². The summed E-state index contributed by atoms with van der Waals surface area (Å²) in [7, 11) is 1.76. The van der Waals surface area contributed by atoms with Gasteiger partial charge in [-0.2, -0.15) is 15.0 Å². The standard InChI is InChI=1S/C12H20ClN5/c1-7-5-4-6-9(8(7)2)15-12-17-10(13)16-11(14-3)18-12/h7-9H,4-6H2,1-3H3,(H2,14,15,16,17,18). The number of rotatable bonds is 3. The molecule has 3 atom stereocenters. The Morgan fingerprint density at radius 1 is 1.11 bits per heavy atom. The first-order valence-corrected chi connectivity index (χ1v) is 6.84. The van der Waals surface area contributed by atoms with Gasteiger partial charge in [0.1, 0.15) is 0 Å². The maximum atomic E-state index is 5.87. The summed E-state index contributed by atoms with van der Waals surface area (Å²) in [5.74, 6) is 2.41. The summed E-state index contributed by atoms with van der Waals surface area (Å²) >= 11 is 5.87. The Bertz CT molecular complexity index is 411. The number of halogens is 1. The number of nitrogens with zero attached hydrogens (tertiary/aromatic N) is 3. The van der Waals surface area contributed by atoms with Gasteiger partial charge in [0, 0.05) is 13.1 Å². The van der Waals surface area contributed by atoms with E-state index in [1.165, 1.54) is 12.8 Å². The summed E-state index contributed by atoms with van der Waals surface area (Å²) in [4.78, 5) is 12.4. The quantitative estimate of drug-likeness (QED) is 0.883. The van der Waals surface area contributed by atoms with Crippen LogP contribution in [0.4, 0.5) is 11.9 Å². The summed E-state index contributed by atoms with van der Waals surface area (Å²) in [6.07, 6.45) is 3.71. The van der Waals surface area contributed by atoms with Gasteiger partial charge in [-0.25, -0.2) is 0 Å². The molecule has 1 aliphatic carbocycles. The third-order valence-electron chi connectivity index (χ3n) is 3.85. The Morgan fingerprint density at radius 3 is 2.56 bits per heavy atom. The third kappa shape index (κ3) is 3.02. The second kappa shape index (κ2) is 5.69. The molecule has 0 saturated heterocycles. The summed E-state index contributed by atoms with van der Waals surface area (Å²) < 4.78 is 0. The molecule has 1 saturated carbocycles. The van der Waals surface area contributed by atoms with Gasteiger partial charge in [-0.15, -0.1) is 0 Å². The fourth-order valence-corrected chi connectivity index (χ4v) is 2.64. The van der Waals surface area contributed by atoms with Gasteiger partial charge < -0.3 is 10.6 Å². The van der Waals surface area contributed by atoms with E-state index in [1.54, 1.807) is 7.05 Å². The summed E-state index contributed by atoms with van der Waals surface area (Å²) in [5.41, 5.74) is 0. The number of hydrogen-bond donors (Lipinski definition) is 2. The van der Waals surface area contributed by atoms with E-state index in [-0.39, 0.29) is 5.28 Å². The van der Waals surface area contributed by atoms with Gasteiger partial charge in [-0.05, 0) is 29.9 Å². The molecular weight excluding hydrogens is 250 g/mol. The number of nitrogens with one attached hydrogen (secondary N) is 2. The van der Waals surface area contributed by atoms with E-state index in [0.29, 0.717) is 23.9 Å². The number of aromatic nitrogens is 3. The normalized spacial score (nSPS) is 27.9. The molecule has 100 valence electrons. The molecule has 3 unspecified atom stereocenters. The number of hydrogen-bond acceptors (Lipinski definition) is 5. The zero-order valence-corrected chi connectivity index (χ0v) is 11.8. The van der Waals surface area contributed by atoms with Crippen molar-refractivity contribution in [3.63, 3.8) is 0 Å². The summed E-state index contributed by atoms with van der Waals surface area (Å²) in [6.45, 7) is 4.58. The van der Waals surface area contributed by atoms with Gasteiger partial charge in [0.15, 0.2) is 0 Å². The maximum Gasteiger partial charge on any atom is 0.229 e. The van der Waals surface area contributed by atoms with E-state index in [9.17, 15) is 0 Å². The van der Waals surface area contributed by atoms with Crippen molar-refractivity contribution in [1.82, 2.24) is 15.0 Å². The predicted octanol–water partition coefficient (Wildman–Crippen LogP) is 2.80. The van der Waals surface area contributed by atoms with Crippen molar-refractivity contribution in [3.8, 4) is 0 Å². The Hall–Kier alpha value is -1.10. The summed E-state index contributed by atoms with van der Waals surface area (Å²) in [5, 5.41) is 6.48. The van der Waals surface area contributed by atoms with Crippen molar-refractivity contribution in [2.45, 2.75) is 39.2 Å². The molecule has 1 aromatic rings. The molecule has 0 amide bonds. The average Bonchev–Trinajstić information content (AvgIpc) is 2.34. The Morgan fingerprint density at radius 2 is 1.83 bits per heavy atom. The lowest BCUT2D eigenvalue weighted by atomic mass is 9.78. The predicted molar refractivity (Wildman–Crippen MR) is 74.0 cm³/mol. The summed E-state index contributed by atoms with van der Waals surface area (Å²) in [6, 6.07) is 0.414. The molecule has 5 nitrogen and oxygen atoms in total. The molecule has 6 heteroatoms. The van der Waals surface area contributed by atoms with Crippen LogP contribution in [-0.2, 0) is 0 Å². The molecule has 1 fully saturated rings. The molecule has 1 heterocycles. The molecule has 0 radical (unpaired) electrons. The lowest BCUT2D eigenvalue weighted by molar-refractivity contribution is 0.252. The molecule has 1 aromatic heterocycles. The van der Waals surface area contributed by atoms with Crippen molar-refractivity contribution in [1.29, 1.82) is 0 Å². The van der Waals surface area contributed by atoms with Crippen molar-refractivity contribution >= 4 is 23.5 Å². The minimum absolute atomic E-state index is 0.216. The van der Waals surface area contributed by atoms with Crippen LogP contribution in [0.3, 0.4) is 0 Å². The molecular formula is C12H20ClN5. The van der Waals surface area contributed by atoms with Crippen LogP contribution in [-0.4, -0.2) is 28.0 Å². The first kappa shape index (κ1) is 13.3. The van der Waals surface area contributed by atoms with Gasteiger partial charge in [-0.1, -0.05) is 26.7 Å². The van der Waals surface area contributed by atoms with Gasteiger partial charge in [-0.3, -0.25) is 0 Å². The van der Waals surface area contributed by atoms with E-state index in [4.69, 9.17) is 11.6 Å². The van der Waals surface area contributed by atoms with Crippen LogP contribution in [0.25, 0.3) is 0 Å². The highest BCUT2D eigenvalue weighted by atomic mass is 35.5.